The van der Waals surface area contributed by atoms with Crippen molar-refractivity contribution < 1.29 is 23.9 Å². The zero-order chi connectivity index (χ0) is 27.1. The average Bonchev–Trinajstić information content (AvgIpc) is 3.57. The van der Waals surface area contributed by atoms with Crippen molar-refractivity contribution in [2.45, 2.75) is 39.0 Å². The summed E-state index contributed by atoms with van der Waals surface area (Å²) in [5.41, 5.74) is 1.58. The molecule has 1 saturated heterocycles. The second-order valence-corrected chi connectivity index (χ2v) is 11.4. The topological polar surface area (TPSA) is 118 Å². The molecular formula is C27H30N4O5S2. The van der Waals surface area contributed by atoms with Gasteiger partial charge in [0.1, 0.15) is 18.7 Å². The Kier molecular flexibility index (Phi) is 9.35. The molecule has 1 fully saturated rings. The lowest BCUT2D eigenvalue weighted by Gasteiger charge is -2.23. The van der Waals surface area contributed by atoms with Crippen molar-refractivity contribution in [2.24, 2.45) is 5.92 Å². The normalized spacial score (nSPS) is 15.9. The van der Waals surface area contributed by atoms with Crippen LogP contribution < -0.4 is 10.6 Å². The highest BCUT2D eigenvalue weighted by Gasteiger charge is 2.36. The van der Waals surface area contributed by atoms with E-state index in [1.165, 1.54) is 28.0 Å². The fourth-order valence-electron chi connectivity index (χ4n) is 4.02. The highest BCUT2D eigenvalue weighted by Crippen LogP contribution is 2.28. The van der Waals surface area contributed by atoms with Crippen molar-refractivity contribution >= 4 is 57.0 Å². The first kappa shape index (κ1) is 27.6. The molecule has 2 aromatic carbocycles. The summed E-state index contributed by atoms with van der Waals surface area (Å²) in [6, 6.07) is 15.2. The zero-order valence-electron chi connectivity index (χ0n) is 21.2. The highest BCUT2D eigenvalue weighted by atomic mass is 32.2. The van der Waals surface area contributed by atoms with Crippen LogP contribution in [0.15, 0.2) is 54.6 Å². The molecule has 1 aliphatic heterocycles. The van der Waals surface area contributed by atoms with Crippen LogP contribution in [0.3, 0.4) is 0 Å². The van der Waals surface area contributed by atoms with Crippen LogP contribution in [-0.2, 0) is 20.9 Å². The first-order valence-corrected chi connectivity index (χ1v) is 14.3. The monoisotopic (exact) mass is 554 g/mol. The Balaban J connectivity index is 1.32. The molecule has 0 spiro atoms. The van der Waals surface area contributed by atoms with Gasteiger partial charge >= 0.3 is 6.09 Å². The minimum Gasteiger partial charge on any atom is -0.445 e. The van der Waals surface area contributed by atoms with Crippen LogP contribution in [0.5, 0.6) is 0 Å². The number of hydrogen-bond donors (Lipinski definition) is 2. The van der Waals surface area contributed by atoms with E-state index in [0.717, 1.165) is 15.8 Å². The molecule has 0 unspecified atom stereocenters. The zero-order valence-corrected chi connectivity index (χ0v) is 22.8. The molecule has 38 heavy (non-hydrogen) atoms. The second-order valence-electron chi connectivity index (χ2n) is 9.34. The van der Waals surface area contributed by atoms with E-state index in [1.54, 1.807) is 0 Å². The molecule has 0 bridgehead atoms. The van der Waals surface area contributed by atoms with Crippen molar-refractivity contribution in [1.29, 1.82) is 0 Å². The van der Waals surface area contributed by atoms with Gasteiger partial charge in [-0.3, -0.25) is 14.4 Å². The van der Waals surface area contributed by atoms with E-state index in [2.05, 4.69) is 15.6 Å². The summed E-state index contributed by atoms with van der Waals surface area (Å²) < 4.78 is 6.17. The molecule has 3 amide bonds. The lowest BCUT2D eigenvalue weighted by molar-refractivity contribution is -0.133. The van der Waals surface area contributed by atoms with E-state index in [-0.39, 0.29) is 30.8 Å². The third-order valence-corrected chi connectivity index (χ3v) is 8.02. The fourth-order valence-corrected chi connectivity index (χ4v) is 6.16. The van der Waals surface area contributed by atoms with Crippen LogP contribution in [0.4, 0.5) is 4.79 Å². The van der Waals surface area contributed by atoms with Crippen LogP contribution in [0.2, 0.25) is 0 Å². The molecule has 0 saturated carbocycles. The first-order chi connectivity index (χ1) is 18.3. The number of rotatable bonds is 10. The predicted octanol–water partition coefficient (Wildman–Crippen LogP) is 3.84. The number of benzene rings is 2. The number of ketones is 1. The number of aromatic nitrogens is 1. The van der Waals surface area contributed by atoms with Gasteiger partial charge < -0.3 is 20.3 Å². The Labute approximate surface area is 229 Å². The van der Waals surface area contributed by atoms with Crippen LogP contribution in [0.25, 0.3) is 10.2 Å². The molecule has 200 valence electrons. The molecule has 11 heteroatoms. The average molecular weight is 555 g/mol. The number of ether oxygens (including phenoxy) is 1. The van der Waals surface area contributed by atoms with Crippen LogP contribution in [0, 0.1) is 5.92 Å². The van der Waals surface area contributed by atoms with Gasteiger partial charge in [0.25, 0.3) is 0 Å². The Bertz CT molecular complexity index is 1260. The van der Waals surface area contributed by atoms with Crippen molar-refractivity contribution in [2.75, 3.05) is 18.2 Å². The van der Waals surface area contributed by atoms with Gasteiger partial charge in [0.15, 0.2) is 5.01 Å². The van der Waals surface area contributed by atoms with E-state index in [1.807, 2.05) is 68.4 Å². The number of nitrogens with one attached hydrogen (secondary N) is 2. The molecule has 0 radical (unpaired) electrons. The quantitative estimate of drug-likeness (QED) is 0.366. The van der Waals surface area contributed by atoms with E-state index < -0.39 is 24.1 Å². The number of alkyl carbamates (subject to hydrolysis) is 1. The Hall–Kier alpha value is -3.44. The minimum atomic E-state index is -0.862. The van der Waals surface area contributed by atoms with E-state index in [4.69, 9.17) is 4.74 Å². The molecule has 1 aromatic heterocycles. The van der Waals surface area contributed by atoms with Crippen molar-refractivity contribution in [3.05, 3.63) is 65.2 Å². The maximum atomic E-state index is 13.2. The van der Waals surface area contributed by atoms with Crippen LogP contribution in [0.1, 0.15) is 35.6 Å². The molecule has 2 N–H and O–H groups in total. The number of thioether (sulfide) groups is 1. The summed E-state index contributed by atoms with van der Waals surface area (Å²) in [7, 11) is 0. The second kappa shape index (κ2) is 12.9. The number of nitrogens with zero attached hydrogens (tertiary/aromatic N) is 2. The van der Waals surface area contributed by atoms with Crippen molar-refractivity contribution in [3.63, 3.8) is 0 Å². The largest absolute Gasteiger partial charge is 0.445 e. The number of hydrogen-bond acceptors (Lipinski definition) is 8. The van der Waals surface area contributed by atoms with Gasteiger partial charge in [-0.1, -0.05) is 56.3 Å². The lowest BCUT2D eigenvalue weighted by atomic mass is 10.0. The number of thiazole rings is 1. The molecule has 3 aromatic rings. The molecule has 1 aliphatic rings. The summed E-state index contributed by atoms with van der Waals surface area (Å²) in [4.78, 5) is 57.4. The molecule has 2 atom stereocenters. The van der Waals surface area contributed by atoms with E-state index in [0.29, 0.717) is 23.1 Å². The number of fused-ring (bicyclic) bond motifs is 1. The number of amides is 3. The smallest absolute Gasteiger partial charge is 0.408 e. The molecular weight excluding hydrogens is 524 g/mol. The number of carbonyl (C=O) groups is 4. The SMILES string of the molecule is CC(C)C[C@H](NC(=O)OCc1ccccc1)C(=O)NCC(=O)N1CSC[C@H]1C(=O)c1nc2ccccc2s1. The summed E-state index contributed by atoms with van der Waals surface area (Å²) >= 11 is 2.80. The summed E-state index contributed by atoms with van der Waals surface area (Å²) in [5.74, 6) is -0.102. The lowest BCUT2D eigenvalue weighted by Crippen LogP contribution is -2.51. The summed E-state index contributed by atoms with van der Waals surface area (Å²) in [6.45, 7) is 3.67. The summed E-state index contributed by atoms with van der Waals surface area (Å²) in [6.07, 6.45) is -0.336. The van der Waals surface area contributed by atoms with Crippen molar-refractivity contribution in [1.82, 2.24) is 20.5 Å². The van der Waals surface area contributed by atoms with Crippen LogP contribution in [-0.4, -0.2) is 63.8 Å². The first-order valence-electron chi connectivity index (χ1n) is 12.3. The standard InChI is InChI=1S/C27H30N4O5S2/c1-17(2)12-20(30-27(35)36-14-18-8-4-3-5-9-18)25(34)28-13-23(32)31-16-37-15-21(31)24(33)26-29-19-10-6-7-11-22(19)38-26/h3-11,17,20-21H,12-16H2,1-2H3,(H,28,34)(H,30,35)/t20-,21-/m0/s1. The Morgan fingerprint density at radius 1 is 1.08 bits per heavy atom. The molecule has 9 nitrogen and oxygen atoms in total. The highest BCUT2D eigenvalue weighted by molar-refractivity contribution is 7.99. The van der Waals surface area contributed by atoms with Gasteiger partial charge in [0, 0.05) is 5.75 Å². The van der Waals surface area contributed by atoms with Gasteiger partial charge in [0.05, 0.1) is 22.6 Å². The maximum Gasteiger partial charge on any atom is 0.408 e. The molecule has 2 heterocycles. The third kappa shape index (κ3) is 7.11. The van der Waals surface area contributed by atoms with Crippen LogP contribution >= 0.6 is 23.1 Å². The van der Waals surface area contributed by atoms with Crippen molar-refractivity contribution in [3.8, 4) is 0 Å². The number of para-hydroxylation sites is 1. The van der Waals surface area contributed by atoms with Gasteiger partial charge in [-0.2, -0.15) is 0 Å². The fraction of sp³-hybridized carbons (Fsp3) is 0.370. The van der Waals surface area contributed by atoms with E-state index in [9.17, 15) is 19.2 Å². The van der Waals surface area contributed by atoms with Gasteiger partial charge in [-0.15, -0.1) is 23.1 Å². The third-order valence-electron chi connectivity index (χ3n) is 5.95. The number of Topliss-reactive ketones (excluding diaryl/α,β-unsaturated/α-hetero) is 1. The summed E-state index contributed by atoms with van der Waals surface area (Å²) in [5, 5.41) is 5.61. The molecule has 0 aliphatic carbocycles. The predicted molar refractivity (Wildman–Crippen MR) is 148 cm³/mol. The molecule has 4 rings (SSSR count). The van der Waals surface area contributed by atoms with Gasteiger partial charge in [0.2, 0.25) is 17.6 Å². The van der Waals surface area contributed by atoms with Gasteiger partial charge in [-0.05, 0) is 30.0 Å². The Morgan fingerprint density at radius 3 is 2.55 bits per heavy atom. The van der Waals surface area contributed by atoms with E-state index >= 15 is 0 Å². The number of carbonyl (C=O) groups excluding carboxylic acids is 4. The Morgan fingerprint density at radius 2 is 1.82 bits per heavy atom. The maximum absolute atomic E-state index is 13.2. The minimum absolute atomic E-state index is 0.0812. The van der Waals surface area contributed by atoms with Gasteiger partial charge in [-0.25, -0.2) is 9.78 Å².